The maximum atomic E-state index is 12.7. The lowest BCUT2D eigenvalue weighted by Crippen LogP contribution is -2.54. The van der Waals surface area contributed by atoms with Crippen LogP contribution >= 0.6 is 0 Å². The molecule has 158 valence electrons. The lowest BCUT2D eigenvalue weighted by molar-refractivity contribution is -0.135. The molecule has 0 aliphatic heterocycles. The van der Waals surface area contributed by atoms with Crippen LogP contribution in [0.25, 0.3) is 0 Å². The zero-order valence-corrected chi connectivity index (χ0v) is 18.6. The van der Waals surface area contributed by atoms with Gasteiger partial charge in [0, 0.05) is 24.2 Å². The largest absolute Gasteiger partial charge is 0.361 e. The van der Waals surface area contributed by atoms with Crippen LogP contribution in [0.15, 0.2) is 11.6 Å². The molecule has 3 saturated carbocycles. The number of Topliss-reactive ketones (excluding diaryl/α,β-unsaturated/α-hetero) is 1. The van der Waals surface area contributed by atoms with Crippen molar-refractivity contribution in [3.05, 3.63) is 11.6 Å². The third-order valence-electron chi connectivity index (χ3n) is 8.98. The van der Waals surface area contributed by atoms with Crippen LogP contribution in [0.2, 0.25) is 0 Å². The maximum Gasteiger partial charge on any atom is 0.155 e. The highest BCUT2D eigenvalue weighted by atomic mass is 16.5. The minimum absolute atomic E-state index is 0.0264. The van der Waals surface area contributed by atoms with E-state index < -0.39 is 0 Å². The molecule has 3 nitrogen and oxygen atoms in total. The molecule has 0 spiro atoms. The summed E-state index contributed by atoms with van der Waals surface area (Å²) in [6.45, 7) is 9.29. The third-order valence-corrected chi connectivity index (χ3v) is 8.98. The van der Waals surface area contributed by atoms with Crippen molar-refractivity contribution in [3.8, 4) is 11.8 Å². The summed E-state index contributed by atoms with van der Waals surface area (Å²) in [6.07, 6.45) is 9.32. The molecule has 4 aliphatic rings. The molecule has 0 aromatic heterocycles. The number of hydrogen-bond acceptors (Lipinski definition) is 3. The van der Waals surface area contributed by atoms with Gasteiger partial charge in [-0.3, -0.25) is 9.59 Å². The Kier molecular flexibility index (Phi) is 5.53. The summed E-state index contributed by atoms with van der Waals surface area (Å²) < 4.78 is 6.34. The highest BCUT2D eigenvalue weighted by Gasteiger charge is 2.60. The van der Waals surface area contributed by atoms with Crippen molar-refractivity contribution in [1.82, 2.24) is 0 Å². The highest BCUT2D eigenvalue weighted by Crippen LogP contribution is 2.64. The Morgan fingerprint density at radius 3 is 2.66 bits per heavy atom. The molecular weight excluding hydrogens is 360 g/mol. The van der Waals surface area contributed by atoms with E-state index in [1.54, 1.807) is 0 Å². The topological polar surface area (TPSA) is 43.4 Å². The van der Waals surface area contributed by atoms with Gasteiger partial charge in [0.1, 0.15) is 12.4 Å². The van der Waals surface area contributed by atoms with Crippen molar-refractivity contribution in [2.45, 2.75) is 85.2 Å². The van der Waals surface area contributed by atoms with Crippen LogP contribution in [0.5, 0.6) is 0 Å². The second-order valence-corrected chi connectivity index (χ2v) is 10.4. The van der Waals surface area contributed by atoms with Crippen LogP contribution in [0, 0.1) is 46.3 Å². The minimum atomic E-state index is -0.135. The fraction of sp³-hybridized carbons (Fsp3) is 0.769. The van der Waals surface area contributed by atoms with Gasteiger partial charge in [0.15, 0.2) is 5.78 Å². The summed E-state index contributed by atoms with van der Waals surface area (Å²) in [4.78, 5) is 25.0. The van der Waals surface area contributed by atoms with Gasteiger partial charge in [-0.05, 0) is 73.3 Å². The van der Waals surface area contributed by atoms with E-state index in [4.69, 9.17) is 4.74 Å². The van der Waals surface area contributed by atoms with Crippen molar-refractivity contribution < 1.29 is 14.3 Å². The van der Waals surface area contributed by atoms with E-state index in [9.17, 15) is 9.59 Å². The monoisotopic (exact) mass is 396 g/mol. The molecule has 0 aromatic rings. The summed E-state index contributed by atoms with van der Waals surface area (Å²) in [7, 11) is 0. The smallest absolute Gasteiger partial charge is 0.155 e. The van der Waals surface area contributed by atoms with Gasteiger partial charge in [0.05, 0.1) is 6.10 Å². The van der Waals surface area contributed by atoms with Gasteiger partial charge < -0.3 is 4.74 Å². The summed E-state index contributed by atoms with van der Waals surface area (Å²) in [5.74, 6) is 9.12. The van der Waals surface area contributed by atoms with E-state index in [0.29, 0.717) is 42.5 Å². The Morgan fingerprint density at radius 2 is 1.90 bits per heavy atom. The SMILES string of the molecule is CCC(C)C#CCO[C@@H]1C[C@@H]2[C@H](CC[C@]3(C)C(=O)CC[C@@H]23)[C@@]2(C)CCC(=O)C=C12. The molecule has 0 heterocycles. The van der Waals surface area contributed by atoms with Crippen molar-refractivity contribution in [3.63, 3.8) is 0 Å². The van der Waals surface area contributed by atoms with Crippen LogP contribution < -0.4 is 0 Å². The number of hydrogen-bond donors (Lipinski definition) is 0. The van der Waals surface area contributed by atoms with Crippen LogP contribution in [0.1, 0.15) is 79.1 Å². The van der Waals surface area contributed by atoms with E-state index in [0.717, 1.165) is 44.9 Å². The first-order chi connectivity index (χ1) is 13.8. The van der Waals surface area contributed by atoms with E-state index in [2.05, 4.69) is 39.5 Å². The molecular formula is C26H36O3. The lowest BCUT2D eigenvalue weighted by Gasteiger charge is -2.58. The van der Waals surface area contributed by atoms with Gasteiger partial charge in [-0.15, -0.1) is 0 Å². The minimum Gasteiger partial charge on any atom is -0.361 e. The molecule has 0 N–H and O–H groups in total. The van der Waals surface area contributed by atoms with E-state index in [1.807, 2.05) is 6.08 Å². The molecule has 0 bridgehead atoms. The standard InChI is InChI=1S/C26H36O3/c1-5-17(2)7-6-14-29-23-16-19-20-8-9-24(28)26(20,4)13-11-21(19)25(3)12-10-18(27)15-22(23)25/h15,17,19-21,23H,5,8-14,16H2,1-4H3/t17?,19-,20-,21-,23+,25+,26-/m0/s1. The Morgan fingerprint density at radius 1 is 1.14 bits per heavy atom. The number of ether oxygens (including phenoxy) is 1. The second-order valence-electron chi connectivity index (χ2n) is 10.4. The third kappa shape index (κ3) is 3.42. The molecule has 1 unspecified atom stereocenters. The van der Waals surface area contributed by atoms with Gasteiger partial charge in [-0.1, -0.05) is 39.5 Å². The number of rotatable bonds is 3. The fourth-order valence-electron chi connectivity index (χ4n) is 6.97. The first-order valence-corrected chi connectivity index (χ1v) is 11.7. The van der Waals surface area contributed by atoms with Gasteiger partial charge in [-0.2, -0.15) is 0 Å². The van der Waals surface area contributed by atoms with Crippen molar-refractivity contribution >= 4 is 11.6 Å². The van der Waals surface area contributed by atoms with Crippen molar-refractivity contribution in [2.75, 3.05) is 6.61 Å². The van der Waals surface area contributed by atoms with Gasteiger partial charge in [-0.25, -0.2) is 0 Å². The van der Waals surface area contributed by atoms with Gasteiger partial charge in [0.2, 0.25) is 0 Å². The predicted molar refractivity (Wildman–Crippen MR) is 114 cm³/mol. The van der Waals surface area contributed by atoms with Gasteiger partial charge in [0.25, 0.3) is 0 Å². The molecule has 29 heavy (non-hydrogen) atoms. The molecule has 0 amide bonds. The molecule has 3 fully saturated rings. The second kappa shape index (κ2) is 7.69. The Bertz CT molecular complexity index is 784. The summed E-state index contributed by atoms with van der Waals surface area (Å²) in [6, 6.07) is 0. The zero-order valence-electron chi connectivity index (χ0n) is 18.6. The average molecular weight is 397 g/mol. The lowest BCUT2D eigenvalue weighted by atomic mass is 9.47. The van der Waals surface area contributed by atoms with Crippen molar-refractivity contribution in [1.29, 1.82) is 0 Å². The molecule has 4 rings (SSSR count). The maximum absolute atomic E-state index is 12.7. The van der Waals surface area contributed by atoms with E-state index >= 15 is 0 Å². The molecule has 3 heteroatoms. The first-order valence-electron chi connectivity index (χ1n) is 11.7. The quantitative estimate of drug-likeness (QED) is 0.621. The van der Waals surface area contributed by atoms with Crippen LogP contribution in [0.3, 0.4) is 0 Å². The first kappa shape index (κ1) is 20.9. The molecule has 0 saturated heterocycles. The summed E-state index contributed by atoms with van der Waals surface area (Å²) >= 11 is 0. The Labute approximate surface area is 176 Å². The van der Waals surface area contributed by atoms with Crippen LogP contribution in [-0.2, 0) is 14.3 Å². The molecule has 0 aromatic carbocycles. The molecule has 4 aliphatic carbocycles. The number of carbonyl (C=O) groups is 2. The molecule has 7 atom stereocenters. The fourth-order valence-corrected chi connectivity index (χ4v) is 6.97. The zero-order chi connectivity index (χ0) is 20.8. The number of carbonyl (C=O) groups excluding carboxylic acids is 2. The molecule has 0 radical (unpaired) electrons. The summed E-state index contributed by atoms with van der Waals surface area (Å²) in [5, 5.41) is 0. The number of fused-ring (bicyclic) bond motifs is 5. The van der Waals surface area contributed by atoms with E-state index in [1.165, 1.54) is 5.57 Å². The predicted octanol–water partition coefficient (Wildman–Crippen LogP) is 5.13. The van der Waals surface area contributed by atoms with Crippen LogP contribution in [-0.4, -0.2) is 24.3 Å². The van der Waals surface area contributed by atoms with Gasteiger partial charge >= 0.3 is 0 Å². The number of ketones is 2. The average Bonchev–Trinajstić information content (AvgIpc) is 3.01. The van der Waals surface area contributed by atoms with Crippen molar-refractivity contribution in [2.24, 2.45) is 34.5 Å². The van der Waals surface area contributed by atoms with Crippen LogP contribution in [0.4, 0.5) is 0 Å². The Hall–Kier alpha value is -1.40. The van der Waals surface area contributed by atoms with E-state index in [-0.39, 0.29) is 22.7 Å². The highest BCUT2D eigenvalue weighted by molar-refractivity contribution is 5.92. The Balaban J connectivity index is 1.62. The summed E-state index contributed by atoms with van der Waals surface area (Å²) in [5.41, 5.74) is 1.11. The normalized spacial score (nSPS) is 42.1.